The number of hydrogen-bond donors (Lipinski definition) is 2. The van der Waals surface area contributed by atoms with E-state index in [1.165, 1.54) is 0 Å². The second-order valence-corrected chi connectivity index (χ2v) is 8.55. The van der Waals surface area contributed by atoms with Crippen LogP contribution in [0.5, 0.6) is 0 Å². The summed E-state index contributed by atoms with van der Waals surface area (Å²) in [4.78, 5) is 11.9. The number of nitrogens with one attached hydrogen (secondary N) is 2. The van der Waals surface area contributed by atoms with Gasteiger partial charge in [0.2, 0.25) is 0 Å². The number of aryl methyl sites for hydroxylation is 1. The molecule has 0 saturated carbocycles. The molecule has 1 atom stereocenters. The number of sulfone groups is 1. The van der Waals surface area contributed by atoms with Crippen LogP contribution >= 0.6 is 0 Å². The van der Waals surface area contributed by atoms with Gasteiger partial charge in [-0.25, -0.2) is 18.4 Å². The second kappa shape index (κ2) is 5.99. The van der Waals surface area contributed by atoms with Gasteiger partial charge in [0.25, 0.3) is 0 Å². The highest BCUT2D eigenvalue weighted by atomic mass is 32.2. The molecule has 0 aromatic carbocycles. The number of anilines is 1. The Morgan fingerprint density at radius 1 is 1.09 bits per heavy atom. The first kappa shape index (κ1) is 15.3. The van der Waals surface area contributed by atoms with Gasteiger partial charge in [0.1, 0.15) is 10.7 Å². The van der Waals surface area contributed by atoms with Crippen molar-refractivity contribution < 1.29 is 8.42 Å². The Morgan fingerprint density at radius 2 is 1.91 bits per heavy atom. The van der Waals surface area contributed by atoms with E-state index in [0.717, 1.165) is 63.5 Å². The van der Waals surface area contributed by atoms with Crippen LogP contribution in [0.1, 0.15) is 36.8 Å². The van der Waals surface area contributed by atoms with E-state index in [9.17, 15) is 8.42 Å². The lowest BCUT2D eigenvalue weighted by Gasteiger charge is -2.28. The summed E-state index contributed by atoms with van der Waals surface area (Å²) in [5.41, 5.74) is 0.718. The van der Waals surface area contributed by atoms with E-state index in [-0.39, 0.29) is 11.8 Å². The Kier molecular flexibility index (Phi) is 3.98. The summed E-state index contributed by atoms with van der Waals surface area (Å²) in [7, 11) is -3.26. The Hall–Kier alpha value is -1.25. The molecule has 126 valence electrons. The molecule has 3 aliphatic heterocycles. The third-order valence-corrected chi connectivity index (χ3v) is 6.70. The van der Waals surface area contributed by atoms with Crippen LogP contribution in [-0.4, -0.2) is 56.9 Å². The summed E-state index contributed by atoms with van der Waals surface area (Å²) < 4.78 is 25.2. The average molecular weight is 337 g/mol. The smallest absolute Gasteiger partial charge is 0.183 e. The van der Waals surface area contributed by atoms with Crippen LogP contribution in [0.3, 0.4) is 0 Å². The van der Waals surface area contributed by atoms with Gasteiger partial charge in [-0.15, -0.1) is 0 Å². The van der Waals surface area contributed by atoms with Gasteiger partial charge in [-0.1, -0.05) is 0 Å². The normalized spacial score (nSPS) is 27.0. The molecule has 7 nitrogen and oxygen atoms in total. The molecule has 2 saturated heterocycles. The maximum Gasteiger partial charge on any atom is 0.183 e. The molecule has 0 amide bonds. The number of nitrogens with zero attached hydrogens (tertiary/aromatic N) is 3. The summed E-state index contributed by atoms with van der Waals surface area (Å²) in [6.07, 6.45) is 3.57. The molecule has 0 radical (unpaired) electrons. The Balaban J connectivity index is 1.83. The van der Waals surface area contributed by atoms with Gasteiger partial charge in [-0.2, -0.15) is 0 Å². The van der Waals surface area contributed by atoms with Crippen molar-refractivity contribution in [3.05, 3.63) is 11.5 Å². The van der Waals surface area contributed by atoms with Gasteiger partial charge in [0, 0.05) is 32.7 Å². The third-order valence-electron chi connectivity index (χ3n) is 4.83. The minimum atomic E-state index is -3.26. The Bertz CT molecular complexity index is 694. The maximum atomic E-state index is 12.6. The molecule has 0 aliphatic carbocycles. The first-order valence-corrected chi connectivity index (χ1v) is 10.1. The van der Waals surface area contributed by atoms with Gasteiger partial charge >= 0.3 is 0 Å². The minimum Gasteiger partial charge on any atom is -0.355 e. The Labute approximate surface area is 136 Å². The molecule has 2 fully saturated rings. The minimum absolute atomic E-state index is 0.0556. The van der Waals surface area contributed by atoms with E-state index >= 15 is 0 Å². The largest absolute Gasteiger partial charge is 0.355 e. The molecule has 8 heteroatoms. The van der Waals surface area contributed by atoms with Gasteiger partial charge in [0.05, 0.1) is 17.5 Å². The van der Waals surface area contributed by atoms with Crippen molar-refractivity contribution in [3.63, 3.8) is 0 Å². The SMILES string of the molecule is O=S1(=O)CCCc2nc(C3CNCCN3)nc(N3CCCC3)c21. The lowest BCUT2D eigenvalue weighted by Crippen LogP contribution is -2.43. The Morgan fingerprint density at radius 3 is 2.65 bits per heavy atom. The van der Waals surface area contributed by atoms with E-state index < -0.39 is 9.84 Å². The fourth-order valence-electron chi connectivity index (χ4n) is 3.66. The zero-order valence-corrected chi connectivity index (χ0v) is 14.0. The first-order valence-electron chi connectivity index (χ1n) is 8.48. The molecule has 0 spiro atoms. The van der Waals surface area contributed by atoms with Crippen LogP contribution in [-0.2, 0) is 16.3 Å². The summed E-state index contributed by atoms with van der Waals surface area (Å²) in [5.74, 6) is 1.59. The summed E-state index contributed by atoms with van der Waals surface area (Å²) in [6, 6.07) is 0.0556. The van der Waals surface area contributed by atoms with Gasteiger partial charge < -0.3 is 15.5 Å². The molecule has 4 heterocycles. The van der Waals surface area contributed by atoms with Crippen LogP contribution in [0.4, 0.5) is 5.82 Å². The standard InChI is InChI=1S/C15H23N5O2S/c21-23(22)9-3-4-11-13(23)15(20-7-1-2-8-20)19-14(18-11)12-10-16-5-6-17-12/h12,16-17H,1-10H2. The van der Waals surface area contributed by atoms with E-state index in [1.54, 1.807) is 0 Å². The van der Waals surface area contributed by atoms with Crippen LogP contribution < -0.4 is 15.5 Å². The quantitative estimate of drug-likeness (QED) is 0.787. The van der Waals surface area contributed by atoms with Crippen LogP contribution in [0.2, 0.25) is 0 Å². The zero-order valence-electron chi connectivity index (χ0n) is 13.2. The highest BCUT2D eigenvalue weighted by Crippen LogP contribution is 2.34. The lowest BCUT2D eigenvalue weighted by molar-refractivity contribution is 0.412. The predicted octanol–water partition coefficient (Wildman–Crippen LogP) is 0.0306. The monoisotopic (exact) mass is 337 g/mol. The molecule has 1 unspecified atom stereocenters. The highest BCUT2D eigenvalue weighted by Gasteiger charge is 2.34. The van der Waals surface area contributed by atoms with Crippen molar-refractivity contribution in [2.24, 2.45) is 0 Å². The third kappa shape index (κ3) is 2.83. The number of hydrogen-bond acceptors (Lipinski definition) is 7. The van der Waals surface area contributed by atoms with Crippen LogP contribution in [0.25, 0.3) is 0 Å². The van der Waals surface area contributed by atoms with Crippen molar-refractivity contribution in [1.29, 1.82) is 0 Å². The predicted molar refractivity (Wildman–Crippen MR) is 87.5 cm³/mol. The molecule has 23 heavy (non-hydrogen) atoms. The number of rotatable bonds is 2. The van der Waals surface area contributed by atoms with Crippen molar-refractivity contribution in [2.45, 2.75) is 36.6 Å². The van der Waals surface area contributed by atoms with Crippen molar-refractivity contribution in [3.8, 4) is 0 Å². The van der Waals surface area contributed by atoms with Crippen molar-refractivity contribution >= 4 is 15.7 Å². The van der Waals surface area contributed by atoms with E-state index in [0.29, 0.717) is 17.1 Å². The fourth-order valence-corrected chi connectivity index (χ4v) is 5.35. The van der Waals surface area contributed by atoms with Crippen molar-refractivity contribution in [2.75, 3.05) is 43.4 Å². The fraction of sp³-hybridized carbons (Fsp3) is 0.733. The molecule has 3 aliphatic rings. The number of piperazine rings is 1. The summed E-state index contributed by atoms with van der Waals surface area (Å²) in [6.45, 7) is 4.37. The first-order chi connectivity index (χ1) is 11.1. The van der Waals surface area contributed by atoms with Crippen LogP contribution in [0, 0.1) is 0 Å². The maximum absolute atomic E-state index is 12.6. The van der Waals surface area contributed by atoms with E-state index in [1.807, 2.05) is 0 Å². The molecule has 0 bridgehead atoms. The number of aromatic nitrogens is 2. The second-order valence-electron chi connectivity index (χ2n) is 6.51. The molecule has 1 aromatic rings. The van der Waals surface area contributed by atoms with E-state index in [2.05, 4.69) is 20.5 Å². The summed E-state index contributed by atoms with van der Waals surface area (Å²) >= 11 is 0. The van der Waals surface area contributed by atoms with Gasteiger partial charge in [0.15, 0.2) is 15.7 Å². The van der Waals surface area contributed by atoms with Crippen molar-refractivity contribution in [1.82, 2.24) is 20.6 Å². The molecular weight excluding hydrogens is 314 g/mol. The zero-order chi connectivity index (χ0) is 15.9. The lowest BCUT2D eigenvalue weighted by atomic mass is 10.2. The highest BCUT2D eigenvalue weighted by molar-refractivity contribution is 7.91. The summed E-state index contributed by atoms with van der Waals surface area (Å²) in [5, 5.41) is 6.77. The molecule has 1 aromatic heterocycles. The topological polar surface area (TPSA) is 87.2 Å². The van der Waals surface area contributed by atoms with Crippen LogP contribution in [0.15, 0.2) is 4.90 Å². The van der Waals surface area contributed by atoms with Gasteiger partial charge in [-0.05, 0) is 25.7 Å². The van der Waals surface area contributed by atoms with Gasteiger partial charge in [-0.3, -0.25) is 0 Å². The molecule has 4 rings (SSSR count). The molecule has 2 N–H and O–H groups in total. The van der Waals surface area contributed by atoms with E-state index in [4.69, 9.17) is 4.98 Å². The molecular formula is C15H23N5O2S. The number of fused-ring (bicyclic) bond motifs is 1. The average Bonchev–Trinajstić information content (AvgIpc) is 3.09.